The highest BCUT2D eigenvalue weighted by molar-refractivity contribution is 5.93. The Hall–Kier alpha value is -2.48. The van der Waals surface area contributed by atoms with Crippen LogP contribution in [0, 0.1) is 17.6 Å². The molecule has 134 valence electrons. The summed E-state index contributed by atoms with van der Waals surface area (Å²) in [4.78, 5) is 25.1. The van der Waals surface area contributed by atoms with Gasteiger partial charge in [0, 0.05) is 31.9 Å². The molecule has 1 aromatic heterocycles. The number of nitrogens with zero attached hydrogens (tertiary/aromatic N) is 2. The van der Waals surface area contributed by atoms with Crippen molar-refractivity contribution in [1.29, 1.82) is 0 Å². The van der Waals surface area contributed by atoms with Gasteiger partial charge in [-0.25, -0.2) is 13.6 Å². The predicted octanol–water partition coefficient (Wildman–Crippen LogP) is 1.78. The van der Waals surface area contributed by atoms with E-state index in [4.69, 9.17) is 10.8 Å². The zero-order valence-electron chi connectivity index (χ0n) is 13.9. The molecule has 0 bridgehead atoms. The molecule has 2 aromatic rings. The average molecular weight is 351 g/mol. The lowest BCUT2D eigenvalue weighted by molar-refractivity contribution is 0.0695. The quantitative estimate of drug-likeness (QED) is 0.880. The van der Waals surface area contributed by atoms with Crippen LogP contribution in [-0.2, 0) is 6.54 Å². The van der Waals surface area contributed by atoms with E-state index in [1.54, 1.807) is 6.92 Å². The second kappa shape index (κ2) is 6.11. The van der Waals surface area contributed by atoms with E-state index in [9.17, 15) is 14.0 Å². The molecule has 0 spiro atoms. The number of halogens is 2. The van der Waals surface area contributed by atoms with Gasteiger partial charge in [0.2, 0.25) is 5.43 Å². The van der Waals surface area contributed by atoms with Gasteiger partial charge in [-0.1, -0.05) is 6.92 Å². The number of nitrogens with two attached hydrogens (primary N) is 1. The van der Waals surface area contributed by atoms with E-state index in [0.29, 0.717) is 13.1 Å². The number of carboxylic acids is 1. The van der Waals surface area contributed by atoms with Crippen molar-refractivity contribution in [2.45, 2.75) is 26.4 Å². The van der Waals surface area contributed by atoms with Crippen LogP contribution in [0.15, 0.2) is 17.1 Å². The van der Waals surface area contributed by atoms with Gasteiger partial charge in [0.1, 0.15) is 17.1 Å². The largest absolute Gasteiger partial charge is 0.477 e. The second-order valence-corrected chi connectivity index (χ2v) is 6.43. The first-order valence-electron chi connectivity index (χ1n) is 8.05. The van der Waals surface area contributed by atoms with Gasteiger partial charge in [0.05, 0.1) is 10.9 Å². The number of pyridine rings is 1. The van der Waals surface area contributed by atoms with Crippen LogP contribution in [0.2, 0.25) is 0 Å². The zero-order valence-corrected chi connectivity index (χ0v) is 13.9. The molecule has 1 fully saturated rings. The fourth-order valence-corrected chi connectivity index (χ4v) is 3.34. The highest BCUT2D eigenvalue weighted by Crippen LogP contribution is 2.33. The SMILES string of the molecule is CCn1cc(C(=O)O)c(=O)c2cc(F)c(N3C[C@@H](N)[C@@H](C)C3)c(F)c21. The van der Waals surface area contributed by atoms with Crippen molar-refractivity contribution in [2.24, 2.45) is 11.7 Å². The smallest absolute Gasteiger partial charge is 0.341 e. The number of hydrogen-bond donors (Lipinski definition) is 2. The third kappa shape index (κ3) is 2.66. The summed E-state index contributed by atoms with van der Waals surface area (Å²) in [7, 11) is 0. The van der Waals surface area contributed by atoms with Crippen molar-refractivity contribution in [3.05, 3.63) is 39.7 Å². The predicted molar refractivity (Wildman–Crippen MR) is 90.1 cm³/mol. The van der Waals surface area contributed by atoms with E-state index in [2.05, 4.69) is 0 Å². The molecule has 0 radical (unpaired) electrons. The number of aromatic nitrogens is 1. The van der Waals surface area contributed by atoms with Crippen LogP contribution >= 0.6 is 0 Å². The maximum Gasteiger partial charge on any atom is 0.341 e. The first kappa shape index (κ1) is 17.3. The van der Waals surface area contributed by atoms with Gasteiger partial charge >= 0.3 is 5.97 Å². The van der Waals surface area contributed by atoms with Gasteiger partial charge in [-0.15, -0.1) is 0 Å². The molecule has 3 N–H and O–H groups in total. The van der Waals surface area contributed by atoms with Crippen molar-refractivity contribution in [3.8, 4) is 0 Å². The first-order chi connectivity index (χ1) is 11.8. The van der Waals surface area contributed by atoms with Gasteiger partial charge in [-0.3, -0.25) is 4.79 Å². The lowest BCUT2D eigenvalue weighted by Gasteiger charge is -2.22. The van der Waals surface area contributed by atoms with E-state index in [1.807, 2.05) is 6.92 Å². The molecule has 0 saturated carbocycles. The van der Waals surface area contributed by atoms with Crippen LogP contribution in [-0.4, -0.2) is 34.8 Å². The van der Waals surface area contributed by atoms with Crippen LogP contribution in [0.25, 0.3) is 10.9 Å². The summed E-state index contributed by atoms with van der Waals surface area (Å²) >= 11 is 0. The minimum Gasteiger partial charge on any atom is -0.477 e. The van der Waals surface area contributed by atoms with Crippen molar-refractivity contribution in [1.82, 2.24) is 4.57 Å². The number of rotatable bonds is 3. The summed E-state index contributed by atoms with van der Waals surface area (Å²) < 4.78 is 31.1. The van der Waals surface area contributed by atoms with E-state index in [-0.39, 0.29) is 35.1 Å². The van der Waals surface area contributed by atoms with E-state index in [0.717, 1.165) is 12.3 Å². The molecule has 2 atom stereocenters. The molecule has 25 heavy (non-hydrogen) atoms. The Morgan fingerprint density at radius 1 is 1.40 bits per heavy atom. The number of hydrogen-bond acceptors (Lipinski definition) is 4. The summed E-state index contributed by atoms with van der Waals surface area (Å²) in [6.45, 7) is 4.54. The summed E-state index contributed by atoms with van der Waals surface area (Å²) in [5, 5.41) is 8.87. The minimum atomic E-state index is -1.43. The first-order valence-corrected chi connectivity index (χ1v) is 8.05. The highest BCUT2D eigenvalue weighted by Gasteiger charge is 2.32. The zero-order chi connectivity index (χ0) is 18.5. The maximum atomic E-state index is 15.2. The monoisotopic (exact) mass is 351 g/mol. The molecule has 0 amide bonds. The molecule has 6 nitrogen and oxygen atoms in total. The number of benzene rings is 1. The molecule has 2 heterocycles. The Labute approximate surface area is 142 Å². The normalized spacial score (nSPS) is 20.4. The van der Waals surface area contributed by atoms with Crippen molar-refractivity contribution in [3.63, 3.8) is 0 Å². The molecule has 3 rings (SSSR count). The van der Waals surface area contributed by atoms with Crippen LogP contribution in [0.5, 0.6) is 0 Å². The van der Waals surface area contributed by atoms with E-state index < -0.39 is 28.6 Å². The summed E-state index contributed by atoms with van der Waals surface area (Å²) in [5.41, 5.74) is 4.21. The third-order valence-corrected chi connectivity index (χ3v) is 4.79. The average Bonchev–Trinajstić information content (AvgIpc) is 2.86. The number of fused-ring (bicyclic) bond motifs is 1. The number of aromatic carboxylic acids is 1. The van der Waals surface area contributed by atoms with Crippen molar-refractivity contribution >= 4 is 22.6 Å². The highest BCUT2D eigenvalue weighted by atomic mass is 19.1. The second-order valence-electron chi connectivity index (χ2n) is 6.43. The Kier molecular flexibility index (Phi) is 4.24. The molecule has 1 aromatic carbocycles. The van der Waals surface area contributed by atoms with Crippen LogP contribution in [0.1, 0.15) is 24.2 Å². The van der Waals surface area contributed by atoms with Crippen LogP contribution in [0.4, 0.5) is 14.5 Å². The third-order valence-electron chi connectivity index (χ3n) is 4.79. The molecule has 1 aliphatic heterocycles. The van der Waals surface area contributed by atoms with Gasteiger partial charge in [0.25, 0.3) is 0 Å². The van der Waals surface area contributed by atoms with Gasteiger partial charge in [-0.05, 0) is 18.9 Å². The van der Waals surface area contributed by atoms with Gasteiger partial charge in [0.15, 0.2) is 5.82 Å². The topological polar surface area (TPSA) is 88.6 Å². The van der Waals surface area contributed by atoms with Gasteiger partial charge < -0.3 is 20.3 Å². The van der Waals surface area contributed by atoms with Crippen molar-refractivity contribution < 1.29 is 18.7 Å². The van der Waals surface area contributed by atoms with Crippen LogP contribution in [0.3, 0.4) is 0 Å². The molecule has 1 saturated heterocycles. The Bertz CT molecular complexity index is 916. The molecule has 0 aliphatic carbocycles. The fraction of sp³-hybridized carbons (Fsp3) is 0.412. The van der Waals surface area contributed by atoms with Gasteiger partial charge in [-0.2, -0.15) is 0 Å². The van der Waals surface area contributed by atoms with E-state index >= 15 is 4.39 Å². The fourth-order valence-electron chi connectivity index (χ4n) is 3.34. The Morgan fingerprint density at radius 3 is 2.60 bits per heavy atom. The molecular weight excluding hydrogens is 332 g/mol. The molecule has 0 unspecified atom stereocenters. The minimum absolute atomic E-state index is 0.0808. The van der Waals surface area contributed by atoms with Crippen molar-refractivity contribution in [2.75, 3.05) is 18.0 Å². The molecule has 8 heteroatoms. The number of aryl methyl sites for hydroxylation is 1. The summed E-state index contributed by atoms with van der Waals surface area (Å²) in [6, 6.07) is 0.723. The Balaban J connectivity index is 2.32. The lowest BCUT2D eigenvalue weighted by atomic mass is 10.1. The summed E-state index contributed by atoms with van der Waals surface area (Å²) in [6.07, 6.45) is 1.09. The van der Waals surface area contributed by atoms with E-state index in [1.165, 1.54) is 9.47 Å². The Morgan fingerprint density at radius 2 is 2.08 bits per heavy atom. The lowest BCUT2D eigenvalue weighted by Crippen LogP contribution is -2.29. The molecule has 1 aliphatic rings. The maximum absolute atomic E-state index is 15.2. The number of carbonyl (C=O) groups is 1. The standard InChI is InChI=1S/C17H19F2N3O3/c1-3-21-6-10(17(24)25)16(23)9-4-11(18)15(13(19)14(9)21)22-5-8(2)12(20)7-22/h4,6,8,12H,3,5,7,20H2,1-2H3,(H,24,25)/t8-,12+/m0/s1. The number of anilines is 1. The summed E-state index contributed by atoms with van der Waals surface area (Å²) in [5.74, 6) is -3.11. The molecular formula is C17H19F2N3O3. The number of carboxylic acid groups (broad SMARTS) is 1. The van der Waals surface area contributed by atoms with Crippen LogP contribution < -0.4 is 16.1 Å².